The highest BCUT2D eigenvalue weighted by Gasteiger charge is 2.36. The fraction of sp³-hybridized carbons (Fsp3) is 0.424. The molecule has 0 atom stereocenters. The zero-order valence-electron chi connectivity index (χ0n) is 25.5. The molecule has 3 aromatic carbocycles. The van der Waals surface area contributed by atoms with Gasteiger partial charge in [0.1, 0.15) is 11.5 Å². The lowest BCUT2D eigenvalue weighted by Crippen LogP contribution is -2.43. The number of fused-ring (bicyclic) bond motifs is 3. The topological polar surface area (TPSA) is 91.7 Å². The molecule has 2 fully saturated rings. The molecular weight excluding hydrogens is 602 g/mol. The molecule has 1 aliphatic heterocycles. The number of oxime groups is 1. The minimum absolute atomic E-state index is 0.176. The molecule has 234 valence electrons. The van der Waals surface area contributed by atoms with Crippen LogP contribution in [0.4, 0.5) is 10.1 Å². The van der Waals surface area contributed by atoms with Crippen molar-refractivity contribution in [2.24, 2.45) is 10.6 Å². The molecule has 1 saturated carbocycles. The van der Waals surface area contributed by atoms with Crippen LogP contribution in [0, 0.1) is 11.2 Å². The van der Waals surface area contributed by atoms with E-state index in [9.17, 15) is 18.0 Å². The highest BCUT2D eigenvalue weighted by atomic mass is 32.2. The molecule has 1 heterocycles. The Hall–Kier alpha value is -3.28. The largest absolute Gasteiger partial charge is 0.494 e. The van der Waals surface area contributed by atoms with Crippen LogP contribution in [0.3, 0.4) is 0 Å². The quantitative estimate of drug-likeness (QED) is 0.137. The van der Waals surface area contributed by atoms with E-state index in [1.165, 1.54) is 20.3 Å². The molecule has 11 heteroatoms. The summed E-state index contributed by atoms with van der Waals surface area (Å²) in [5.74, 6) is 0.191. The van der Waals surface area contributed by atoms with Crippen molar-refractivity contribution in [1.29, 1.82) is 0 Å². The summed E-state index contributed by atoms with van der Waals surface area (Å²) in [5.41, 5.74) is 4.57. The third-order valence-corrected chi connectivity index (χ3v) is 12.6. The summed E-state index contributed by atoms with van der Waals surface area (Å²) in [7, 11) is -0.520. The van der Waals surface area contributed by atoms with E-state index in [1.54, 1.807) is 30.1 Å². The van der Waals surface area contributed by atoms with Gasteiger partial charge in [-0.05, 0) is 78.4 Å². The van der Waals surface area contributed by atoms with Crippen LogP contribution in [0.25, 0.3) is 11.1 Å². The number of benzene rings is 3. The van der Waals surface area contributed by atoms with Gasteiger partial charge in [0.25, 0.3) is 0 Å². The fourth-order valence-corrected chi connectivity index (χ4v) is 9.26. The lowest BCUT2D eigenvalue weighted by molar-refractivity contribution is 0.246. The second-order valence-corrected chi connectivity index (χ2v) is 15.8. The number of sulfone groups is 1. The Balaban J connectivity index is 1.17. The van der Waals surface area contributed by atoms with Crippen LogP contribution in [-0.2, 0) is 9.84 Å². The summed E-state index contributed by atoms with van der Waals surface area (Å²) in [6.45, 7) is 7.34. The molecule has 0 radical (unpaired) electrons. The second kappa shape index (κ2) is 11.9. The van der Waals surface area contributed by atoms with Gasteiger partial charge in [-0.25, -0.2) is 17.1 Å². The number of hydrogen-bond acceptors (Lipinski definition) is 9. The van der Waals surface area contributed by atoms with E-state index in [0.29, 0.717) is 43.0 Å². The van der Waals surface area contributed by atoms with Crippen LogP contribution in [0.2, 0.25) is 0 Å². The molecule has 6 rings (SSSR count). The Morgan fingerprint density at radius 2 is 1.52 bits per heavy atom. The number of ether oxygens (including phenoxy) is 2. The fourth-order valence-electron chi connectivity index (χ4n) is 6.53. The van der Waals surface area contributed by atoms with E-state index in [4.69, 9.17) is 9.47 Å². The first-order valence-corrected chi connectivity index (χ1v) is 17.2. The summed E-state index contributed by atoms with van der Waals surface area (Å²) in [5, 5.41) is 13.3. The zero-order chi connectivity index (χ0) is 31.2. The van der Waals surface area contributed by atoms with Crippen LogP contribution in [0.5, 0.6) is 11.5 Å². The summed E-state index contributed by atoms with van der Waals surface area (Å²) in [6.07, 6.45) is 3.10. The number of hydrogen-bond donors (Lipinski definition) is 1. The second-order valence-electron chi connectivity index (χ2n) is 12.4. The first kappa shape index (κ1) is 30.7. The SMILES string of the molecule is COc1cc(N2CCN(Sc3ccc4c(c3)/C(=N/O)c3cc(S(=O)(=O)C5CCC(C)(C)CC5)ccc3-4)CC2)c(OC)cc1F. The van der Waals surface area contributed by atoms with Gasteiger partial charge in [-0.2, -0.15) is 0 Å². The highest BCUT2D eigenvalue weighted by Crippen LogP contribution is 2.43. The molecule has 1 N–H and O–H groups in total. The van der Waals surface area contributed by atoms with Crippen molar-refractivity contribution in [1.82, 2.24) is 4.31 Å². The Kier molecular flexibility index (Phi) is 8.32. The van der Waals surface area contributed by atoms with Gasteiger partial charge in [0, 0.05) is 54.3 Å². The van der Waals surface area contributed by atoms with Crippen molar-refractivity contribution >= 4 is 33.2 Å². The van der Waals surface area contributed by atoms with Crippen LogP contribution in [-0.4, -0.2) is 69.3 Å². The van der Waals surface area contributed by atoms with Crippen LogP contribution < -0.4 is 14.4 Å². The van der Waals surface area contributed by atoms with Gasteiger partial charge >= 0.3 is 0 Å². The van der Waals surface area contributed by atoms with Crippen molar-refractivity contribution < 1.29 is 27.5 Å². The third-order valence-electron chi connectivity index (χ3n) is 9.20. The first-order chi connectivity index (χ1) is 21.0. The molecule has 8 nitrogen and oxygen atoms in total. The number of piperazine rings is 1. The standard InChI is InChI=1S/C33H38FN3O5S2/c1-33(2)11-9-22(10-12-33)44(39,40)23-6-8-25-24-7-5-21(17-26(24)32(35-38)27(25)18-23)43-37-15-13-36(14-16-37)29-20-30(41-3)28(34)19-31(29)42-4/h5-8,17-20,22,38H,9-16H2,1-4H3/b35-32-. The van der Waals surface area contributed by atoms with Crippen LogP contribution in [0.1, 0.15) is 50.7 Å². The van der Waals surface area contributed by atoms with Gasteiger partial charge in [0.15, 0.2) is 21.4 Å². The number of rotatable bonds is 7. The van der Waals surface area contributed by atoms with Crippen molar-refractivity contribution in [2.45, 2.75) is 54.6 Å². The van der Waals surface area contributed by atoms with E-state index in [-0.39, 0.29) is 21.3 Å². The Morgan fingerprint density at radius 3 is 2.16 bits per heavy atom. The Bertz CT molecular complexity index is 1710. The Morgan fingerprint density at radius 1 is 0.886 bits per heavy atom. The highest BCUT2D eigenvalue weighted by molar-refractivity contribution is 7.97. The summed E-state index contributed by atoms with van der Waals surface area (Å²) >= 11 is 1.62. The van der Waals surface area contributed by atoms with Crippen molar-refractivity contribution in [3.05, 3.63) is 65.5 Å². The molecule has 1 saturated heterocycles. The molecule has 0 amide bonds. The van der Waals surface area contributed by atoms with Gasteiger partial charge in [-0.15, -0.1) is 0 Å². The molecule has 3 aromatic rings. The predicted octanol–water partition coefficient (Wildman–Crippen LogP) is 6.62. The van der Waals surface area contributed by atoms with Crippen molar-refractivity contribution in [3.63, 3.8) is 0 Å². The van der Waals surface area contributed by atoms with Crippen molar-refractivity contribution in [2.75, 3.05) is 45.3 Å². The maximum absolute atomic E-state index is 14.2. The summed E-state index contributed by atoms with van der Waals surface area (Å²) < 4.78 is 54.3. The average Bonchev–Trinajstić information content (AvgIpc) is 3.33. The molecule has 0 unspecified atom stereocenters. The molecule has 44 heavy (non-hydrogen) atoms. The monoisotopic (exact) mass is 639 g/mol. The van der Waals surface area contributed by atoms with E-state index >= 15 is 0 Å². The molecule has 0 aromatic heterocycles. The average molecular weight is 640 g/mol. The normalized spacial score (nSPS) is 19.6. The van der Waals surface area contributed by atoms with E-state index in [2.05, 4.69) is 28.2 Å². The third kappa shape index (κ3) is 5.65. The minimum atomic E-state index is -3.50. The maximum Gasteiger partial charge on any atom is 0.181 e. The molecule has 2 aliphatic carbocycles. The van der Waals surface area contributed by atoms with Gasteiger partial charge in [-0.1, -0.05) is 31.1 Å². The minimum Gasteiger partial charge on any atom is -0.494 e. The number of nitrogens with zero attached hydrogens (tertiary/aromatic N) is 3. The summed E-state index contributed by atoms with van der Waals surface area (Å²) in [6, 6.07) is 14.3. The zero-order valence-corrected chi connectivity index (χ0v) is 27.1. The smallest absolute Gasteiger partial charge is 0.181 e. The van der Waals surface area contributed by atoms with Crippen molar-refractivity contribution in [3.8, 4) is 22.6 Å². The number of anilines is 1. The van der Waals surface area contributed by atoms with Gasteiger partial charge in [0.2, 0.25) is 0 Å². The maximum atomic E-state index is 14.2. The predicted molar refractivity (Wildman–Crippen MR) is 172 cm³/mol. The molecule has 3 aliphatic rings. The first-order valence-electron chi connectivity index (χ1n) is 14.9. The number of halogens is 1. The van der Waals surface area contributed by atoms with E-state index in [1.807, 2.05) is 24.3 Å². The van der Waals surface area contributed by atoms with E-state index < -0.39 is 15.7 Å². The molecular formula is C33H38FN3O5S2. The van der Waals surface area contributed by atoms with E-state index in [0.717, 1.165) is 53.2 Å². The molecule has 0 bridgehead atoms. The van der Waals surface area contributed by atoms with Gasteiger partial charge in [-0.3, -0.25) is 0 Å². The van der Waals surface area contributed by atoms with Crippen LogP contribution in [0.15, 0.2) is 63.5 Å². The lowest BCUT2D eigenvalue weighted by atomic mass is 9.77. The van der Waals surface area contributed by atoms with Gasteiger partial charge in [0.05, 0.1) is 30.1 Å². The van der Waals surface area contributed by atoms with Gasteiger partial charge < -0.3 is 19.6 Å². The van der Waals surface area contributed by atoms with Crippen LogP contribution >= 0.6 is 11.9 Å². The Labute approximate surface area is 262 Å². The summed E-state index contributed by atoms with van der Waals surface area (Å²) in [4.78, 5) is 3.44. The molecule has 0 spiro atoms. The number of methoxy groups -OCH3 is 2. The lowest BCUT2D eigenvalue weighted by Gasteiger charge is -2.36.